The summed E-state index contributed by atoms with van der Waals surface area (Å²) >= 11 is 0. The van der Waals surface area contributed by atoms with Crippen LogP contribution in [0.15, 0.2) is 54.6 Å². The highest BCUT2D eigenvalue weighted by Crippen LogP contribution is 2.24. The van der Waals surface area contributed by atoms with Crippen LogP contribution in [0.25, 0.3) is 0 Å². The van der Waals surface area contributed by atoms with Crippen molar-refractivity contribution < 1.29 is 19.1 Å². The molecule has 2 fully saturated rings. The van der Waals surface area contributed by atoms with Crippen molar-refractivity contribution in [3.05, 3.63) is 65.7 Å². The summed E-state index contributed by atoms with van der Waals surface area (Å²) < 4.78 is 11.5. The summed E-state index contributed by atoms with van der Waals surface area (Å²) in [5, 5.41) is 0. The van der Waals surface area contributed by atoms with Crippen molar-refractivity contribution in [1.82, 2.24) is 9.80 Å². The molecular weight excluding hydrogens is 392 g/mol. The van der Waals surface area contributed by atoms with Gasteiger partial charge in [-0.3, -0.25) is 9.59 Å². The minimum Gasteiger partial charge on any atom is -0.492 e. The quantitative estimate of drug-likeness (QED) is 0.718. The third-order valence-corrected chi connectivity index (χ3v) is 5.96. The lowest BCUT2D eigenvalue weighted by molar-refractivity contribution is -0.132. The van der Waals surface area contributed by atoms with E-state index in [2.05, 4.69) is 0 Å². The number of ether oxygens (including phenoxy) is 2. The normalized spacial score (nSPS) is 19.2. The van der Waals surface area contributed by atoms with Gasteiger partial charge in [0.05, 0.1) is 31.8 Å². The zero-order valence-corrected chi connectivity index (χ0v) is 17.9. The molecule has 0 N–H and O–H groups in total. The zero-order chi connectivity index (χ0) is 21.5. The maximum atomic E-state index is 12.9. The largest absolute Gasteiger partial charge is 0.492 e. The molecular formula is C25H30N2O4. The highest BCUT2D eigenvalue weighted by molar-refractivity contribution is 5.97. The number of carbonyl (C=O) groups is 2. The summed E-state index contributed by atoms with van der Waals surface area (Å²) in [6, 6.07) is 17.3. The Bertz CT molecular complexity index is 880. The Labute approximate surface area is 183 Å². The van der Waals surface area contributed by atoms with Crippen LogP contribution < -0.4 is 4.74 Å². The van der Waals surface area contributed by atoms with Gasteiger partial charge in [-0.25, -0.2) is 0 Å². The monoisotopic (exact) mass is 422 g/mol. The summed E-state index contributed by atoms with van der Waals surface area (Å²) in [5.74, 6) is 1.03. The Hall–Kier alpha value is -2.86. The number of carbonyl (C=O) groups excluding carboxylic acids is 2. The Morgan fingerprint density at radius 1 is 0.935 bits per heavy atom. The summed E-state index contributed by atoms with van der Waals surface area (Å²) in [7, 11) is 0. The van der Waals surface area contributed by atoms with Crippen LogP contribution in [0.3, 0.4) is 0 Å². The maximum absolute atomic E-state index is 12.9. The van der Waals surface area contributed by atoms with E-state index >= 15 is 0 Å². The van der Waals surface area contributed by atoms with Gasteiger partial charge in [0.25, 0.3) is 5.91 Å². The van der Waals surface area contributed by atoms with Crippen LogP contribution >= 0.6 is 0 Å². The molecule has 1 atom stereocenters. The van der Waals surface area contributed by atoms with Crippen LogP contribution in [-0.4, -0.2) is 67.6 Å². The van der Waals surface area contributed by atoms with Crippen LogP contribution in [0.1, 0.15) is 28.8 Å². The van der Waals surface area contributed by atoms with Crippen molar-refractivity contribution in [3.8, 4) is 5.75 Å². The predicted octanol–water partition coefficient (Wildman–Crippen LogP) is 3.02. The minimum absolute atomic E-state index is 0.0118. The first-order valence-electron chi connectivity index (χ1n) is 11.1. The molecule has 6 nitrogen and oxygen atoms in total. The van der Waals surface area contributed by atoms with Gasteiger partial charge < -0.3 is 19.3 Å². The van der Waals surface area contributed by atoms with Crippen molar-refractivity contribution in [2.24, 2.45) is 5.92 Å². The summed E-state index contributed by atoms with van der Waals surface area (Å²) in [4.78, 5) is 29.4. The summed E-state index contributed by atoms with van der Waals surface area (Å²) in [6.45, 7) is 4.36. The van der Waals surface area contributed by atoms with Crippen LogP contribution in [0.2, 0.25) is 0 Å². The molecule has 2 saturated heterocycles. The Morgan fingerprint density at radius 3 is 2.48 bits per heavy atom. The average molecular weight is 423 g/mol. The SMILES string of the molecule is O=C(Cc1ccccc1)N1CCCC(COc2ccccc2C(=O)N2CCOCC2)C1. The van der Waals surface area contributed by atoms with E-state index in [1.165, 1.54) is 0 Å². The lowest BCUT2D eigenvalue weighted by Crippen LogP contribution is -2.42. The molecule has 0 aromatic heterocycles. The van der Waals surface area contributed by atoms with E-state index in [0.717, 1.165) is 24.9 Å². The standard InChI is InChI=1S/C25H30N2O4/c28-24(17-20-7-2-1-3-8-20)27-12-6-9-21(18-27)19-31-23-11-5-4-10-22(23)25(29)26-13-15-30-16-14-26/h1-5,7-8,10-11,21H,6,9,12-19H2. The topological polar surface area (TPSA) is 59.1 Å². The molecule has 1 unspecified atom stereocenters. The molecule has 164 valence electrons. The summed E-state index contributed by atoms with van der Waals surface area (Å²) in [5.41, 5.74) is 1.64. The van der Waals surface area contributed by atoms with Gasteiger partial charge in [0.2, 0.25) is 5.91 Å². The van der Waals surface area contributed by atoms with Gasteiger partial charge >= 0.3 is 0 Å². The minimum atomic E-state index is -0.0118. The first-order chi connectivity index (χ1) is 15.2. The van der Waals surface area contributed by atoms with E-state index in [9.17, 15) is 9.59 Å². The molecule has 31 heavy (non-hydrogen) atoms. The molecule has 0 aliphatic carbocycles. The molecule has 2 amide bonds. The Morgan fingerprint density at radius 2 is 1.68 bits per heavy atom. The Kier molecular flexibility index (Phi) is 7.20. The van der Waals surface area contributed by atoms with Crippen LogP contribution in [-0.2, 0) is 16.0 Å². The van der Waals surface area contributed by atoms with E-state index in [1.807, 2.05) is 64.4 Å². The highest BCUT2D eigenvalue weighted by atomic mass is 16.5. The van der Waals surface area contributed by atoms with Gasteiger partial charge in [0, 0.05) is 32.1 Å². The molecule has 0 saturated carbocycles. The van der Waals surface area contributed by atoms with Gasteiger partial charge in [-0.2, -0.15) is 0 Å². The summed E-state index contributed by atoms with van der Waals surface area (Å²) in [6.07, 6.45) is 2.43. The first kappa shape index (κ1) is 21.4. The van der Waals surface area contributed by atoms with Crippen LogP contribution in [0.4, 0.5) is 0 Å². The second-order valence-electron chi connectivity index (χ2n) is 8.22. The fourth-order valence-electron chi connectivity index (χ4n) is 4.22. The number of piperidine rings is 1. The molecule has 2 aromatic rings. The lowest BCUT2D eigenvalue weighted by Gasteiger charge is -2.33. The second-order valence-corrected chi connectivity index (χ2v) is 8.22. The van der Waals surface area contributed by atoms with Crippen LogP contribution in [0, 0.1) is 5.92 Å². The van der Waals surface area contributed by atoms with Crippen molar-refractivity contribution in [2.45, 2.75) is 19.3 Å². The number of para-hydroxylation sites is 1. The smallest absolute Gasteiger partial charge is 0.257 e. The van der Waals surface area contributed by atoms with E-state index in [1.54, 1.807) is 0 Å². The lowest BCUT2D eigenvalue weighted by atomic mass is 9.98. The number of likely N-dealkylation sites (tertiary alicyclic amines) is 1. The predicted molar refractivity (Wildman–Crippen MR) is 118 cm³/mol. The number of rotatable bonds is 6. The number of benzene rings is 2. The van der Waals surface area contributed by atoms with Crippen LogP contribution in [0.5, 0.6) is 5.75 Å². The second kappa shape index (κ2) is 10.4. The van der Waals surface area contributed by atoms with E-state index < -0.39 is 0 Å². The zero-order valence-electron chi connectivity index (χ0n) is 17.9. The number of amides is 2. The van der Waals surface area contributed by atoms with Gasteiger partial charge in [-0.1, -0.05) is 42.5 Å². The molecule has 2 aliphatic rings. The highest BCUT2D eigenvalue weighted by Gasteiger charge is 2.26. The maximum Gasteiger partial charge on any atom is 0.257 e. The number of nitrogens with zero attached hydrogens (tertiary/aromatic N) is 2. The number of hydrogen-bond acceptors (Lipinski definition) is 4. The van der Waals surface area contributed by atoms with Gasteiger partial charge in [-0.05, 0) is 30.5 Å². The Balaban J connectivity index is 1.34. The number of morpholine rings is 1. The fraction of sp³-hybridized carbons (Fsp3) is 0.440. The van der Waals surface area contributed by atoms with E-state index in [0.29, 0.717) is 57.2 Å². The van der Waals surface area contributed by atoms with E-state index in [4.69, 9.17) is 9.47 Å². The van der Waals surface area contributed by atoms with Gasteiger partial charge in [0.1, 0.15) is 5.75 Å². The van der Waals surface area contributed by atoms with Gasteiger partial charge in [-0.15, -0.1) is 0 Å². The third-order valence-electron chi connectivity index (χ3n) is 5.96. The third kappa shape index (κ3) is 5.64. The molecule has 2 aliphatic heterocycles. The molecule has 0 radical (unpaired) electrons. The first-order valence-corrected chi connectivity index (χ1v) is 11.1. The number of hydrogen-bond donors (Lipinski definition) is 0. The van der Waals surface area contributed by atoms with Gasteiger partial charge in [0.15, 0.2) is 0 Å². The van der Waals surface area contributed by atoms with Crippen molar-refractivity contribution >= 4 is 11.8 Å². The van der Waals surface area contributed by atoms with Crippen molar-refractivity contribution in [2.75, 3.05) is 46.0 Å². The molecule has 0 bridgehead atoms. The van der Waals surface area contributed by atoms with E-state index in [-0.39, 0.29) is 17.7 Å². The van der Waals surface area contributed by atoms with Crippen molar-refractivity contribution in [3.63, 3.8) is 0 Å². The average Bonchev–Trinajstić information content (AvgIpc) is 2.84. The molecule has 0 spiro atoms. The van der Waals surface area contributed by atoms with Crippen molar-refractivity contribution in [1.29, 1.82) is 0 Å². The molecule has 4 rings (SSSR count). The molecule has 2 aromatic carbocycles. The molecule has 2 heterocycles. The fourth-order valence-corrected chi connectivity index (χ4v) is 4.22. The molecule has 6 heteroatoms.